The molecule has 34 heavy (non-hydrogen) atoms. The second-order valence-corrected chi connectivity index (χ2v) is 9.39. The minimum atomic E-state index is -0.531. The molecule has 8 nitrogen and oxygen atoms in total. The van der Waals surface area contributed by atoms with Crippen LogP contribution in [0.2, 0.25) is 0 Å². The number of ketones is 1. The van der Waals surface area contributed by atoms with E-state index in [1.54, 1.807) is 54.5 Å². The van der Waals surface area contributed by atoms with Crippen molar-refractivity contribution in [3.8, 4) is 5.75 Å². The number of carbonyl (C=O) groups is 3. The Kier molecular flexibility index (Phi) is 7.81. The van der Waals surface area contributed by atoms with Gasteiger partial charge in [0, 0.05) is 48.6 Å². The van der Waals surface area contributed by atoms with Crippen molar-refractivity contribution in [2.24, 2.45) is 0 Å². The van der Waals surface area contributed by atoms with Gasteiger partial charge in [-0.2, -0.15) is 0 Å². The summed E-state index contributed by atoms with van der Waals surface area (Å²) in [5.74, 6) is 0.197. The Morgan fingerprint density at radius 3 is 2.35 bits per heavy atom. The normalized spacial score (nSPS) is 14.3. The number of rotatable bonds is 6. The molecule has 0 aromatic heterocycles. The molecule has 0 saturated carbocycles. The van der Waals surface area contributed by atoms with Gasteiger partial charge < -0.3 is 25.0 Å². The Labute approximate surface area is 200 Å². The van der Waals surface area contributed by atoms with Gasteiger partial charge >= 0.3 is 6.09 Å². The van der Waals surface area contributed by atoms with Crippen LogP contribution in [0.5, 0.6) is 5.75 Å². The van der Waals surface area contributed by atoms with Crippen molar-refractivity contribution in [2.45, 2.75) is 52.2 Å². The van der Waals surface area contributed by atoms with Gasteiger partial charge in [-0.25, -0.2) is 4.79 Å². The van der Waals surface area contributed by atoms with E-state index in [4.69, 9.17) is 9.47 Å². The van der Waals surface area contributed by atoms with E-state index in [1.165, 1.54) is 6.92 Å². The minimum absolute atomic E-state index is 0.0853. The first-order chi connectivity index (χ1) is 16.1. The SMILES string of the molecule is COc1cccc(C(=O)c2cc(NC(C)=O)ccc2NC2CCN(C(=O)OC(C)(C)C)CC2)c1. The number of anilines is 2. The summed E-state index contributed by atoms with van der Waals surface area (Å²) in [5.41, 5.74) is 1.63. The molecular formula is C26H33N3O5. The fourth-order valence-electron chi connectivity index (χ4n) is 3.81. The Balaban J connectivity index is 1.78. The number of nitrogens with zero attached hydrogens (tertiary/aromatic N) is 1. The highest BCUT2D eigenvalue weighted by Gasteiger charge is 2.27. The van der Waals surface area contributed by atoms with Gasteiger partial charge in [0.05, 0.1) is 7.11 Å². The van der Waals surface area contributed by atoms with E-state index in [9.17, 15) is 14.4 Å². The van der Waals surface area contributed by atoms with Gasteiger partial charge in [0.25, 0.3) is 0 Å². The predicted molar refractivity (Wildman–Crippen MR) is 132 cm³/mol. The Hall–Kier alpha value is -3.55. The van der Waals surface area contributed by atoms with Gasteiger partial charge in [-0.05, 0) is 63.9 Å². The maximum absolute atomic E-state index is 13.4. The molecule has 1 saturated heterocycles. The van der Waals surface area contributed by atoms with Crippen molar-refractivity contribution < 1.29 is 23.9 Å². The number of likely N-dealkylation sites (tertiary alicyclic amines) is 1. The van der Waals surface area contributed by atoms with Crippen LogP contribution in [0.4, 0.5) is 16.2 Å². The van der Waals surface area contributed by atoms with Gasteiger partial charge in [-0.3, -0.25) is 9.59 Å². The van der Waals surface area contributed by atoms with E-state index in [0.717, 1.165) is 12.8 Å². The quantitative estimate of drug-likeness (QED) is 0.598. The lowest BCUT2D eigenvalue weighted by molar-refractivity contribution is -0.114. The topological polar surface area (TPSA) is 97.0 Å². The molecule has 3 rings (SSSR count). The van der Waals surface area contributed by atoms with Crippen LogP contribution in [0.1, 0.15) is 56.5 Å². The van der Waals surface area contributed by atoms with Gasteiger partial charge in [0.2, 0.25) is 5.91 Å². The van der Waals surface area contributed by atoms with Crippen molar-refractivity contribution in [3.63, 3.8) is 0 Å². The van der Waals surface area contributed by atoms with Crippen molar-refractivity contribution in [3.05, 3.63) is 53.6 Å². The highest BCUT2D eigenvalue weighted by molar-refractivity contribution is 6.13. The zero-order valence-electron chi connectivity index (χ0n) is 20.4. The van der Waals surface area contributed by atoms with Gasteiger partial charge in [-0.15, -0.1) is 0 Å². The highest BCUT2D eigenvalue weighted by atomic mass is 16.6. The summed E-state index contributed by atoms with van der Waals surface area (Å²) < 4.78 is 10.7. The number of hydrogen-bond donors (Lipinski definition) is 2. The largest absolute Gasteiger partial charge is 0.497 e. The van der Waals surface area contributed by atoms with Crippen LogP contribution in [0.3, 0.4) is 0 Å². The van der Waals surface area contributed by atoms with E-state index in [1.807, 2.05) is 20.8 Å². The first-order valence-corrected chi connectivity index (χ1v) is 11.4. The zero-order chi connectivity index (χ0) is 24.9. The fraction of sp³-hybridized carbons (Fsp3) is 0.423. The number of hydrogen-bond acceptors (Lipinski definition) is 6. The molecule has 8 heteroatoms. The molecule has 1 aliphatic heterocycles. The molecular weight excluding hydrogens is 434 g/mol. The maximum atomic E-state index is 13.4. The lowest BCUT2D eigenvalue weighted by atomic mass is 9.98. The first-order valence-electron chi connectivity index (χ1n) is 11.4. The smallest absolute Gasteiger partial charge is 0.410 e. The molecule has 1 heterocycles. The minimum Gasteiger partial charge on any atom is -0.497 e. The standard InChI is InChI=1S/C26H33N3O5/c1-17(30)27-20-9-10-23(22(16-20)24(31)18-7-6-8-21(15-18)33-5)28-19-11-13-29(14-12-19)25(32)34-26(2,3)4/h6-10,15-16,19,28H,11-14H2,1-5H3,(H,27,30). The van der Waals surface area contributed by atoms with Crippen molar-refractivity contribution in [1.82, 2.24) is 4.90 Å². The molecule has 0 radical (unpaired) electrons. The molecule has 2 aromatic rings. The fourth-order valence-corrected chi connectivity index (χ4v) is 3.81. The van der Waals surface area contributed by atoms with Crippen LogP contribution in [-0.4, -0.2) is 54.5 Å². The molecule has 1 aliphatic rings. The molecule has 2 amide bonds. The summed E-state index contributed by atoms with van der Waals surface area (Å²) in [6, 6.07) is 12.3. The number of carbonyl (C=O) groups excluding carboxylic acids is 3. The van der Waals surface area contributed by atoms with Crippen molar-refractivity contribution >= 4 is 29.2 Å². The molecule has 0 atom stereocenters. The summed E-state index contributed by atoms with van der Waals surface area (Å²) in [6.07, 6.45) is 1.14. The van der Waals surface area contributed by atoms with Crippen LogP contribution in [0.25, 0.3) is 0 Å². The van der Waals surface area contributed by atoms with E-state index in [0.29, 0.717) is 41.3 Å². The Morgan fingerprint density at radius 2 is 1.74 bits per heavy atom. The molecule has 182 valence electrons. The van der Waals surface area contributed by atoms with E-state index < -0.39 is 5.60 Å². The third-order valence-electron chi connectivity index (χ3n) is 5.42. The van der Waals surface area contributed by atoms with Crippen LogP contribution < -0.4 is 15.4 Å². The monoisotopic (exact) mass is 467 g/mol. The van der Waals surface area contributed by atoms with Gasteiger partial charge in [-0.1, -0.05) is 12.1 Å². The lowest BCUT2D eigenvalue weighted by Crippen LogP contribution is -2.44. The van der Waals surface area contributed by atoms with Gasteiger partial charge in [0.15, 0.2) is 5.78 Å². The zero-order valence-corrected chi connectivity index (χ0v) is 20.4. The summed E-state index contributed by atoms with van der Waals surface area (Å²) in [6.45, 7) is 8.11. The highest BCUT2D eigenvalue weighted by Crippen LogP contribution is 2.27. The molecule has 0 aliphatic carbocycles. The summed E-state index contributed by atoms with van der Waals surface area (Å²) in [7, 11) is 1.55. The molecule has 0 unspecified atom stereocenters. The molecule has 1 fully saturated rings. The Bertz CT molecular complexity index is 1050. The number of piperidine rings is 1. The average Bonchev–Trinajstić information content (AvgIpc) is 2.78. The second-order valence-electron chi connectivity index (χ2n) is 9.39. The van der Waals surface area contributed by atoms with Crippen LogP contribution in [0, 0.1) is 0 Å². The number of amides is 2. The number of benzene rings is 2. The third-order valence-corrected chi connectivity index (χ3v) is 5.42. The average molecular weight is 468 g/mol. The van der Waals surface area contributed by atoms with E-state index in [-0.39, 0.29) is 23.8 Å². The molecule has 2 aromatic carbocycles. The Morgan fingerprint density at radius 1 is 1.03 bits per heavy atom. The van der Waals surface area contributed by atoms with Crippen LogP contribution in [0.15, 0.2) is 42.5 Å². The number of nitrogens with one attached hydrogen (secondary N) is 2. The van der Waals surface area contributed by atoms with E-state index >= 15 is 0 Å². The lowest BCUT2D eigenvalue weighted by Gasteiger charge is -2.34. The van der Waals surface area contributed by atoms with Crippen LogP contribution in [-0.2, 0) is 9.53 Å². The first kappa shape index (κ1) is 25.1. The predicted octanol–water partition coefficient (Wildman–Crippen LogP) is 4.70. The molecule has 0 spiro atoms. The molecule has 2 N–H and O–H groups in total. The van der Waals surface area contributed by atoms with Crippen molar-refractivity contribution in [2.75, 3.05) is 30.8 Å². The summed E-state index contributed by atoms with van der Waals surface area (Å²) in [5, 5.41) is 6.21. The second kappa shape index (κ2) is 10.6. The summed E-state index contributed by atoms with van der Waals surface area (Å²) in [4.78, 5) is 39.0. The summed E-state index contributed by atoms with van der Waals surface area (Å²) >= 11 is 0. The van der Waals surface area contributed by atoms with E-state index in [2.05, 4.69) is 10.6 Å². The third kappa shape index (κ3) is 6.73. The number of methoxy groups -OCH3 is 1. The van der Waals surface area contributed by atoms with Gasteiger partial charge in [0.1, 0.15) is 11.4 Å². The maximum Gasteiger partial charge on any atom is 0.410 e. The van der Waals surface area contributed by atoms with Crippen molar-refractivity contribution in [1.29, 1.82) is 0 Å². The molecule has 0 bridgehead atoms. The number of ether oxygens (including phenoxy) is 2. The van der Waals surface area contributed by atoms with Crippen LogP contribution >= 0.6 is 0 Å².